The van der Waals surface area contributed by atoms with E-state index in [4.69, 9.17) is 5.73 Å². The first-order valence-electron chi connectivity index (χ1n) is 4.85. The molecule has 2 rings (SSSR count). The Balaban J connectivity index is 1.87. The third-order valence-electron chi connectivity index (χ3n) is 2.43. The van der Waals surface area contributed by atoms with Crippen LogP contribution >= 0.6 is 0 Å². The number of aromatic nitrogens is 2. The van der Waals surface area contributed by atoms with Crippen molar-refractivity contribution in [1.82, 2.24) is 14.9 Å². The molecule has 3 N–H and O–H groups in total. The Bertz CT molecular complexity index is 308. The van der Waals surface area contributed by atoms with Gasteiger partial charge in [-0.1, -0.05) is 6.92 Å². The summed E-state index contributed by atoms with van der Waals surface area (Å²) in [5.41, 5.74) is 5.47. The second-order valence-corrected chi connectivity index (χ2v) is 3.49. The van der Waals surface area contributed by atoms with Gasteiger partial charge in [0.25, 0.3) is 0 Å². The fourth-order valence-corrected chi connectivity index (χ4v) is 1.58. The minimum atomic E-state index is 0.321. The molecule has 2 heterocycles. The number of anilines is 2. The fourth-order valence-electron chi connectivity index (χ4n) is 1.58. The number of nitrogen functional groups attached to an aromatic ring is 1. The number of nitrogens with two attached hydrogens (primary N) is 1. The summed E-state index contributed by atoms with van der Waals surface area (Å²) in [5.74, 6) is 1.14. The van der Waals surface area contributed by atoms with E-state index in [9.17, 15) is 0 Å². The van der Waals surface area contributed by atoms with Crippen LogP contribution in [0.1, 0.15) is 6.92 Å². The average molecular weight is 193 g/mol. The van der Waals surface area contributed by atoms with E-state index in [0.717, 1.165) is 25.5 Å². The molecule has 1 aromatic heterocycles. The van der Waals surface area contributed by atoms with Gasteiger partial charge in [-0.2, -0.15) is 4.98 Å². The van der Waals surface area contributed by atoms with Gasteiger partial charge in [0.1, 0.15) is 5.82 Å². The van der Waals surface area contributed by atoms with Crippen molar-refractivity contribution in [3.8, 4) is 0 Å². The molecule has 0 aromatic carbocycles. The lowest BCUT2D eigenvalue weighted by molar-refractivity contribution is 0.171. The van der Waals surface area contributed by atoms with Crippen LogP contribution in [0.25, 0.3) is 0 Å². The van der Waals surface area contributed by atoms with Crippen LogP contribution in [0.3, 0.4) is 0 Å². The largest absolute Gasteiger partial charge is 0.368 e. The van der Waals surface area contributed by atoms with Crippen molar-refractivity contribution in [3.05, 3.63) is 12.3 Å². The Hall–Kier alpha value is -1.36. The van der Waals surface area contributed by atoms with Gasteiger partial charge in [0.15, 0.2) is 0 Å². The molecule has 0 atom stereocenters. The van der Waals surface area contributed by atoms with Crippen molar-refractivity contribution in [3.63, 3.8) is 0 Å². The first kappa shape index (κ1) is 9.21. The quantitative estimate of drug-likeness (QED) is 0.716. The molecule has 0 aliphatic carbocycles. The molecule has 0 saturated carbocycles. The molecule has 5 heteroatoms. The van der Waals surface area contributed by atoms with E-state index in [0.29, 0.717) is 12.0 Å². The molecule has 76 valence electrons. The predicted molar refractivity (Wildman–Crippen MR) is 56.0 cm³/mol. The first-order chi connectivity index (χ1) is 6.78. The molecule has 1 aromatic rings. The zero-order valence-electron chi connectivity index (χ0n) is 8.27. The van der Waals surface area contributed by atoms with Crippen molar-refractivity contribution in [2.24, 2.45) is 0 Å². The Morgan fingerprint density at radius 1 is 1.64 bits per heavy atom. The maximum absolute atomic E-state index is 5.47. The van der Waals surface area contributed by atoms with E-state index < -0.39 is 0 Å². The Kier molecular flexibility index (Phi) is 2.49. The van der Waals surface area contributed by atoms with Gasteiger partial charge in [-0.25, -0.2) is 4.98 Å². The molecule has 0 unspecified atom stereocenters. The smallest absolute Gasteiger partial charge is 0.221 e. The molecule has 5 nitrogen and oxygen atoms in total. The van der Waals surface area contributed by atoms with Crippen molar-refractivity contribution in [2.75, 3.05) is 30.7 Å². The summed E-state index contributed by atoms with van der Waals surface area (Å²) in [4.78, 5) is 10.3. The summed E-state index contributed by atoms with van der Waals surface area (Å²) < 4.78 is 0. The lowest BCUT2D eigenvalue weighted by Gasteiger charge is -2.39. The minimum Gasteiger partial charge on any atom is -0.368 e. The number of hydrogen-bond donors (Lipinski definition) is 2. The topological polar surface area (TPSA) is 67.1 Å². The lowest BCUT2D eigenvalue weighted by atomic mass is 10.1. The summed E-state index contributed by atoms with van der Waals surface area (Å²) in [6.45, 7) is 5.45. The summed E-state index contributed by atoms with van der Waals surface area (Å²) in [6, 6.07) is 2.34. The van der Waals surface area contributed by atoms with Gasteiger partial charge in [0.2, 0.25) is 5.95 Å². The third-order valence-corrected chi connectivity index (χ3v) is 2.43. The maximum atomic E-state index is 5.47. The van der Waals surface area contributed by atoms with E-state index >= 15 is 0 Å². The van der Waals surface area contributed by atoms with E-state index in [-0.39, 0.29) is 0 Å². The molecule has 1 saturated heterocycles. The normalized spacial score (nSPS) is 17.8. The van der Waals surface area contributed by atoms with Gasteiger partial charge in [0.05, 0.1) is 6.04 Å². The van der Waals surface area contributed by atoms with E-state index in [1.807, 2.05) is 6.07 Å². The molecule has 1 aliphatic rings. The van der Waals surface area contributed by atoms with Crippen LogP contribution in [-0.2, 0) is 0 Å². The van der Waals surface area contributed by atoms with Crippen LogP contribution in [-0.4, -0.2) is 40.5 Å². The standard InChI is InChI=1S/C9H15N5/c1-2-14-5-7(6-14)12-8-3-4-11-9(10)13-8/h3-4,7H,2,5-6H2,1H3,(H3,10,11,12,13). The molecule has 14 heavy (non-hydrogen) atoms. The Morgan fingerprint density at radius 2 is 2.43 bits per heavy atom. The zero-order chi connectivity index (χ0) is 9.97. The van der Waals surface area contributed by atoms with Crippen LogP contribution < -0.4 is 11.1 Å². The van der Waals surface area contributed by atoms with Crippen molar-refractivity contribution in [2.45, 2.75) is 13.0 Å². The van der Waals surface area contributed by atoms with E-state index in [1.54, 1.807) is 6.20 Å². The zero-order valence-corrected chi connectivity index (χ0v) is 8.27. The van der Waals surface area contributed by atoms with Crippen LogP contribution in [0, 0.1) is 0 Å². The molecule has 1 aliphatic heterocycles. The van der Waals surface area contributed by atoms with E-state index in [2.05, 4.69) is 27.1 Å². The highest BCUT2D eigenvalue weighted by molar-refractivity contribution is 5.39. The van der Waals surface area contributed by atoms with Crippen molar-refractivity contribution >= 4 is 11.8 Å². The number of nitrogens with one attached hydrogen (secondary N) is 1. The number of likely N-dealkylation sites (N-methyl/N-ethyl adjacent to an activating group) is 1. The Labute approximate surface area is 83.3 Å². The second kappa shape index (κ2) is 3.79. The van der Waals surface area contributed by atoms with Crippen LogP contribution in [0.15, 0.2) is 12.3 Å². The van der Waals surface area contributed by atoms with Gasteiger partial charge in [-0.05, 0) is 12.6 Å². The van der Waals surface area contributed by atoms with Crippen molar-refractivity contribution < 1.29 is 0 Å². The predicted octanol–water partition coefficient (Wildman–Crippen LogP) is 0.175. The molecule has 0 amide bonds. The highest BCUT2D eigenvalue weighted by Crippen LogP contribution is 2.12. The molecular weight excluding hydrogens is 178 g/mol. The first-order valence-corrected chi connectivity index (χ1v) is 4.85. The lowest BCUT2D eigenvalue weighted by Crippen LogP contribution is -2.54. The molecule has 0 radical (unpaired) electrons. The molecule has 1 fully saturated rings. The molecular formula is C9H15N5. The highest BCUT2D eigenvalue weighted by atomic mass is 15.3. The Morgan fingerprint density at radius 3 is 3.07 bits per heavy atom. The SMILES string of the molecule is CCN1CC(Nc2ccnc(N)n2)C1. The van der Waals surface area contributed by atoms with Crippen LogP contribution in [0.2, 0.25) is 0 Å². The van der Waals surface area contributed by atoms with Gasteiger partial charge in [-0.3, -0.25) is 4.90 Å². The van der Waals surface area contributed by atoms with E-state index in [1.165, 1.54) is 0 Å². The number of nitrogens with zero attached hydrogens (tertiary/aromatic N) is 3. The number of rotatable bonds is 3. The van der Waals surface area contributed by atoms with Crippen molar-refractivity contribution in [1.29, 1.82) is 0 Å². The average Bonchev–Trinajstić information content (AvgIpc) is 2.10. The molecule has 0 bridgehead atoms. The van der Waals surface area contributed by atoms with Gasteiger partial charge >= 0.3 is 0 Å². The minimum absolute atomic E-state index is 0.321. The summed E-state index contributed by atoms with van der Waals surface area (Å²) in [5, 5.41) is 3.31. The highest BCUT2D eigenvalue weighted by Gasteiger charge is 2.24. The maximum Gasteiger partial charge on any atom is 0.221 e. The number of hydrogen-bond acceptors (Lipinski definition) is 5. The van der Waals surface area contributed by atoms with Gasteiger partial charge in [0, 0.05) is 19.3 Å². The van der Waals surface area contributed by atoms with Crippen LogP contribution in [0.5, 0.6) is 0 Å². The second-order valence-electron chi connectivity index (χ2n) is 3.49. The number of likely N-dealkylation sites (tertiary alicyclic amines) is 1. The molecule has 0 spiro atoms. The van der Waals surface area contributed by atoms with Gasteiger partial charge < -0.3 is 11.1 Å². The third kappa shape index (κ3) is 1.93. The summed E-state index contributed by atoms with van der Waals surface area (Å²) in [6.07, 6.45) is 1.67. The summed E-state index contributed by atoms with van der Waals surface area (Å²) >= 11 is 0. The monoisotopic (exact) mass is 193 g/mol. The van der Waals surface area contributed by atoms with Crippen LogP contribution in [0.4, 0.5) is 11.8 Å². The fraction of sp³-hybridized carbons (Fsp3) is 0.556. The summed E-state index contributed by atoms with van der Waals surface area (Å²) in [7, 11) is 0. The van der Waals surface area contributed by atoms with Gasteiger partial charge in [-0.15, -0.1) is 0 Å².